The Labute approximate surface area is 121 Å². The fourth-order valence-electron chi connectivity index (χ4n) is 2.41. The molecule has 0 bridgehead atoms. The minimum Gasteiger partial charge on any atom is -0.354 e. The molecule has 4 nitrogen and oxygen atoms in total. The van der Waals surface area contributed by atoms with Crippen molar-refractivity contribution in [3.05, 3.63) is 76.0 Å². The van der Waals surface area contributed by atoms with Crippen LogP contribution >= 0.6 is 0 Å². The van der Waals surface area contributed by atoms with Crippen LogP contribution in [-0.2, 0) is 0 Å². The molecular formula is C17H14N2O2. The van der Waals surface area contributed by atoms with Gasteiger partial charge in [-0.1, -0.05) is 48.5 Å². The summed E-state index contributed by atoms with van der Waals surface area (Å²) in [6.07, 6.45) is 1.63. The molecule has 0 fully saturated rings. The maximum absolute atomic E-state index is 10.9. The van der Waals surface area contributed by atoms with E-state index in [1.165, 1.54) is 6.92 Å². The van der Waals surface area contributed by atoms with Gasteiger partial charge in [0, 0.05) is 29.5 Å². The van der Waals surface area contributed by atoms with Crippen molar-refractivity contribution in [1.82, 2.24) is 4.98 Å². The molecule has 0 amide bonds. The zero-order valence-electron chi connectivity index (χ0n) is 11.5. The third-order valence-corrected chi connectivity index (χ3v) is 3.45. The van der Waals surface area contributed by atoms with Gasteiger partial charge in [-0.25, -0.2) is 0 Å². The summed E-state index contributed by atoms with van der Waals surface area (Å²) in [6.45, 7) is 1.51. The first-order valence-electron chi connectivity index (χ1n) is 6.65. The fraction of sp³-hybridized carbons (Fsp3) is 0.0588. The van der Waals surface area contributed by atoms with Crippen LogP contribution < -0.4 is 0 Å². The van der Waals surface area contributed by atoms with Gasteiger partial charge in [0.1, 0.15) is 0 Å². The molecule has 4 heteroatoms. The van der Waals surface area contributed by atoms with E-state index in [1.54, 1.807) is 6.08 Å². The molecule has 0 aliphatic carbocycles. The number of rotatable bonds is 3. The van der Waals surface area contributed by atoms with Crippen LogP contribution in [0.5, 0.6) is 0 Å². The van der Waals surface area contributed by atoms with Gasteiger partial charge in [-0.15, -0.1) is 0 Å². The van der Waals surface area contributed by atoms with Crippen molar-refractivity contribution in [3.8, 4) is 11.3 Å². The highest BCUT2D eigenvalue weighted by Gasteiger charge is 2.13. The van der Waals surface area contributed by atoms with Crippen LogP contribution in [0.4, 0.5) is 0 Å². The van der Waals surface area contributed by atoms with Gasteiger partial charge in [-0.2, -0.15) is 0 Å². The molecule has 104 valence electrons. The minimum atomic E-state index is -0.365. The quantitative estimate of drug-likeness (QED) is 0.567. The van der Waals surface area contributed by atoms with Crippen molar-refractivity contribution in [2.75, 3.05) is 0 Å². The molecule has 0 aliphatic rings. The van der Waals surface area contributed by atoms with Gasteiger partial charge in [0.25, 0.3) is 0 Å². The van der Waals surface area contributed by atoms with Crippen molar-refractivity contribution in [2.24, 2.45) is 0 Å². The summed E-state index contributed by atoms with van der Waals surface area (Å²) in [5.41, 5.74) is 3.86. The van der Waals surface area contributed by atoms with E-state index in [1.807, 2.05) is 54.6 Å². The number of allylic oxidation sites excluding steroid dienone is 1. The topological polar surface area (TPSA) is 58.9 Å². The maximum atomic E-state index is 10.9. The highest BCUT2D eigenvalue weighted by Crippen LogP contribution is 2.31. The van der Waals surface area contributed by atoms with Gasteiger partial charge in [0.15, 0.2) is 0 Å². The van der Waals surface area contributed by atoms with E-state index in [0.717, 1.165) is 27.7 Å². The molecule has 21 heavy (non-hydrogen) atoms. The average Bonchev–Trinajstić information content (AvgIpc) is 2.87. The van der Waals surface area contributed by atoms with Gasteiger partial charge in [-0.05, 0) is 11.6 Å². The molecule has 1 heterocycles. The second-order valence-corrected chi connectivity index (χ2v) is 4.87. The Hall–Kier alpha value is -2.88. The Morgan fingerprint density at radius 3 is 2.48 bits per heavy atom. The SMILES string of the molecule is CC(=Cc1c(-c2ccccc2)[nH]c2ccccc12)[N+](=O)[O-]. The van der Waals surface area contributed by atoms with Gasteiger partial charge >= 0.3 is 0 Å². The van der Waals surface area contributed by atoms with Crippen LogP contribution in [0.1, 0.15) is 12.5 Å². The number of H-pyrrole nitrogens is 1. The van der Waals surface area contributed by atoms with Crippen LogP contribution in [0.25, 0.3) is 28.2 Å². The Morgan fingerprint density at radius 1 is 1.10 bits per heavy atom. The summed E-state index contributed by atoms with van der Waals surface area (Å²) in [5.74, 6) is 0. The summed E-state index contributed by atoms with van der Waals surface area (Å²) < 4.78 is 0. The van der Waals surface area contributed by atoms with E-state index in [9.17, 15) is 10.1 Å². The highest BCUT2D eigenvalue weighted by molar-refractivity contribution is 5.96. The average molecular weight is 278 g/mol. The molecule has 3 rings (SSSR count). The molecule has 0 saturated carbocycles. The first-order valence-corrected chi connectivity index (χ1v) is 6.65. The lowest BCUT2D eigenvalue weighted by Crippen LogP contribution is -1.93. The normalized spacial score (nSPS) is 11.8. The smallest absolute Gasteiger partial charge is 0.243 e. The van der Waals surface area contributed by atoms with Gasteiger partial charge < -0.3 is 4.98 Å². The molecule has 3 aromatic rings. The van der Waals surface area contributed by atoms with Crippen molar-refractivity contribution >= 4 is 17.0 Å². The Kier molecular flexibility index (Phi) is 3.28. The first-order chi connectivity index (χ1) is 10.2. The standard InChI is InChI=1S/C17H14N2O2/c1-12(19(20)21)11-15-14-9-5-6-10-16(14)18-17(15)13-7-3-2-4-8-13/h2-11,18H,1H3. The predicted molar refractivity (Wildman–Crippen MR) is 84.4 cm³/mol. The molecule has 0 spiro atoms. The molecule has 1 N–H and O–H groups in total. The van der Waals surface area contributed by atoms with Crippen molar-refractivity contribution in [1.29, 1.82) is 0 Å². The van der Waals surface area contributed by atoms with Crippen LogP contribution in [0, 0.1) is 10.1 Å². The second kappa shape index (κ2) is 5.25. The minimum absolute atomic E-state index is 0.122. The number of nitrogens with one attached hydrogen (secondary N) is 1. The number of nitrogens with zero attached hydrogens (tertiary/aromatic N) is 1. The number of para-hydroxylation sites is 1. The van der Waals surface area contributed by atoms with Crippen LogP contribution in [0.2, 0.25) is 0 Å². The van der Waals surface area contributed by atoms with Gasteiger partial charge in [-0.3, -0.25) is 10.1 Å². The summed E-state index contributed by atoms with van der Waals surface area (Å²) in [4.78, 5) is 13.9. The lowest BCUT2D eigenvalue weighted by Gasteiger charge is -2.00. The molecular weight excluding hydrogens is 264 g/mol. The number of hydrogen-bond donors (Lipinski definition) is 1. The zero-order chi connectivity index (χ0) is 14.8. The molecule has 1 aromatic heterocycles. The molecule has 0 atom stereocenters. The van der Waals surface area contributed by atoms with Crippen LogP contribution in [0.3, 0.4) is 0 Å². The van der Waals surface area contributed by atoms with Crippen molar-refractivity contribution < 1.29 is 4.92 Å². The maximum Gasteiger partial charge on any atom is 0.243 e. The van der Waals surface area contributed by atoms with E-state index in [0.29, 0.717) is 0 Å². The van der Waals surface area contributed by atoms with Crippen molar-refractivity contribution in [2.45, 2.75) is 6.92 Å². The highest BCUT2D eigenvalue weighted by atomic mass is 16.6. The third-order valence-electron chi connectivity index (χ3n) is 3.45. The van der Waals surface area contributed by atoms with E-state index in [-0.39, 0.29) is 10.6 Å². The van der Waals surface area contributed by atoms with E-state index < -0.39 is 0 Å². The lowest BCUT2D eigenvalue weighted by atomic mass is 10.0. The lowest BCUT2D eigenvalue weighted by molar-refractivity contribution is -0.422. The summed E-state index contributed by atoms with van der Waals surface area (Å²) in [7, 11) is 0. The number of nitro groups is 1. The van der Waals surface area contributed by atoms with Gasteiger partial charge in [0.2, 0.25) is 5.70 Å². The number of hydrogen-bond acceptors (Lipinski definition) is 2. The predicted octanol–water partition coefficient (Wildman–Crippen LogP) is 4.47. The molecule has 0 unspecified atom stereocenters. The second-order valence-electron chi connectivity index (χ2n) is 4.87. The number of fused-ring (bicyclic) bond motifs is 1. The monoisotopic (exact) mass is 278 g/mol. The molecule has 0 saturated heterocycles. The molecule has 0 aliphatic heterocycles. The summed E-state index contributed by atoms with van der Waals surface area (Å²) >= 11 is 0. The van der Waals surface area contributed by atoms with E-state index in [2.05, 4.69) is 4.98 Å². The first kappa shape index (κ1) is 13.1. The van der Waals surface area contributed by atoms with Crippen molar-refractivity contribution in [3.63, 3.8) is 0 Å². The zero-order valence-corrected chi connectivity index (χ0v) is 11.5. The van der Waals surface area contributed by atoms with E-state index in [4.69, 9.17) is 0 Å². The number of benzene rings is 2. The fourth-order valence-corrected chi connectivity index (χ4v) is 2.41. The van der Waals surface area contributed by atoms with E-state index >= 15 is 0 Å². The Morgan fingerprint density at radius 2 is 1.76 bits per heavy atom. The summed E-state index contributed by atoms with van der Waals surface area (Å²) in [6, 6.07) is 17.7. The Balaban J connectivity index is 2.29. The van der Waals surface area contributed by atoms with Gasteiger partial charge in [0.05, 0.1) is 10.6 Å². The summed E-state index contributed by atoms with van der Waals surface area (Å²) in [5, 5.41) is 11.9. The van der Waals surface area contributed by atoms with Crippen LogP contribution in [0.15, 0.2) is 60.3 Å². The third kappa shape index (κ3) is 2.43. The largest absolute Gasteiger partial charge is 0.354 e. The molecule has 0 radical (unpaired) electrons. The molecule has 2 aromatic carbocycles. The Bertz CT molecular complexity index is 832. The number of aromatic amines is 1. The van der Waals surface area contributed by atoms with Crippen LogP contribution in [-0.4, -0.2) is 9.91 Å². The number of aromatic nitrogens is 1.